The van der Waals surface area contributed by atoms with Crippen molar-refractivity contribution < 1.29 is 19.6 Å². The maximum Gasteiger partial charge on any atom is 0.362 e. The monoisotopic (exact) mass is 279 g/mol. The smallest absolute Gasteiger partial charge is 0.362 e. The first-order valence-corrected chi connectivity index (χ1v) is 5.68. The Balaban J connectivity index is 2.92. The average molecular weight is 279 g/mol. The normalized spacial score (nSPS) is 12.1. The Bertz CT molecular complexity index is 559. The maximum absolute atomic E-state index is 11.5. The molecular formula is C12H13N3O5. The number of allylic oxidation sites excluding steroid dienone is 1. The second-order valence-electron chi connectivity index (χ2n) is 3.63. The molecule has 0 aliphatic rings. The van der Waals surface area contributed by atoms with Crippen molar-refractivity contribution in [2.45, 2.75) is 13.8 Å². The second-order valence-corrected chi connectivity index (χ2v) is 3.63. The summed E-state index contributed by atoms with van der Waals surface area (Å²) >= 11 is 0. The minimum atomic E-state index is -0.793. The molecule has 0 unspecified atom stereocenters. The van der Waals surface area contributed by atoms with Crippen molar-refractivity contribution in [2.75, 3.05) is 6.61 Å². The average Bonchev–Trinajstić information content (AvgIpc) is 2.39. The largest absolute Gasteiger partial charge is 0.510 e. The van der Waals surface area contributed by atoms with Crippen molar-refractivity contribution in [3.8, 4) is 0 Å². The first-order chi connectivity index (χ1) is 9.45. The topological polar surface area (TPSA) is 114 Å². The molecule has 0 aromatic heterocycles. The van der Waals surface area contributed by atoms with E-state index in [-0.39, 0.29) is 23.8 Å². The molecule has 0 amide bonds. The van der Waals surface area contributed by atoms with E-state index >= 15 is 0 Å². The molecule has 0 radical (unpaired) electrons. The lowest BCUT2D eigenvalue weighted by Crippen LogP contribution is -2.07. The van der Waals surface area contributed by atoms with Crippen molar-refractivity contribution in [3.63, 3.8) is 0 Å². The summed E-state index contributed by atoms with van der Waals surface area (Å²) in [6, 6.07) is 5.26. The number of azo groups is 1. The molecule has 0 heterocycles. The molecule has 0 aliphatic carbocycles. The number of aliphatic hydroxyl groups is 1. The van der Waals surface area contributed by atoms with E-state index in [0.29, 0.717) is 5.69 Å². The van der Waals surface area contributed by atoms with Crippen molar-refractivity contribution in [3.05, 3.63) is 45.8 Å². The third-order valence-electron chi connectivity index (χ3n) is 2.14. The van der Waals surface area contributed by atoms with Crippen LogP contribution >= 0.6 is 0 Å². The molecule has 1 aromatic rings. The molecule has 0 bridgehead atoms. The van der Waals surface area contributed by atoms with Gasteiger partial charge in [-0.1, -0.05) is 0 Å². The first-order valence-electron chi connectivity index (χ1n) is 5.68. The van der Waals surface area contributed by atoms with E-state index in [1.807, 2.05) is 0 Å². The lowest BCUT2D eigenvalue weighted by molar-refractivity contribution is -0.384. The number of carbonyl (C=O) groups excluding carboxylic acids is 1. The van der Waals surface area contributed by atoms with Gasteiger partial charge in [0.05, 0.1) is 17.2 Å². The Morgan fingerprint density at radius 1 is 1.40 bits per heavy atom. The highest BCUT2D eigenvalue weighted by Gasteiger charge is 2.13. The Hall–Kier alpha value is -2.77. The summed E-state index contributed by atoms with van der Waals surface area (Å²) in [5.41, 5.74) is -0.0905. The van der Waals surface area contributed by atoms with E-state index in [1.165, 1.54) is 31.2 Å². The van der Waals surface area contributed by atoms with Gasteiger partial charge in [0, 0.05) is 12.1 Å². The predicted octanol–water partition coefficient (Wildman–Crippen LogP) is 3.03. The highest BCUT2D eigenvalue weighted by atomic mass is 16.6. The fraction of sp³-hybridized carbons (Fsp3) is 0.250. The molecule has 20 heavy (non-hydrogen) atoms. The van der Waals surface area contributed by atoms with Crippen LogP contribution in [0.1, 0.15) is 13.8 Å². The third kappa shape index (κ3) is 4.16. The van der Waals surface area contributed by atoms with Crippen LogP contribution in [-0.4, -0.2) is 22.6 Å². The Morgan fingerprint density at radius 3 is 2.45 bits per heavy atom. The quantitative estimate of drug-likeness (QED) is 0.222. The molecule has 8 heteroatoms. The van der Waals surface area contributed by atoms with Crippen LogP contribution < -0.4 is 0 Å². The number of carbonyl (C=O) groups is 1. The fourth-order valence-electron chi connectivity index (χ4n) is 1.21. The van der Waals surface area contributed by atoms with E-state index < -0.39 is 10.9 Å². The zero-order chi connectivity index (χ0) is 15.1. The highest BCUT2D eigenvalue weighted by molar-refractivity contribution is 5.88. The highest BCUT2D eigenvalue weighted by Crippen LogP contribution is 2.19. The van der Waals surface area contributed by atoms with Crippen LogP contribution in [0.2, 0.25) is 0 Å². The molecule has 0 saturated heterocycles. The lowest BCUT2D eigenvalue weighted by atomic mass is 10.3. The van der Waals surface area contributed by atoms with E-state index in [0.717, 1.165) is 0 Å². The molecule has 1 aromatic carbocycles. The van der Waals surface area contributed by atoms with Crippen molar-refractivity contribution in [1.82, 2.24) is 0 Å². The van der Waals surface area contributed by atoms with Gasteiger partial charge in [-0.15, -0.1) is 5.11 Å². The van der Waals surface area contributed by atoms with Crippen LogP contribution in [0.3, 0.4) is 0 Å². The minimum absolute atomic E-state index is 0.0801. The molecule has 1 rings (SSSR count). The predicted molar refractivity (Wildman–Crippen MR) is 69.6 cm³/mol. The number of benzene rings is 1. The summed E-state index contributed by atoms with van der Waals surface area (Å²) in [6.07, 6.45) is 0. The number of esters is 1. The SMILES string of the molecule is CCOC(=O)C(N=Nc1ccc([N+](=O)[O-])cc1)=C(C)O. The molecule has 0 aliphatic heterocycles. The summed E-state index contributed by atoms with van der Waals surface area (Å²) in [5, 5.41) is 27.1. The van der Waals surface area contributed by atoms with Gasteiger partial charge in [-0.05, 0) is 26.0 Å². The fourth-order valence-corrected chi connectivity index (χ4v) is 1.21. The number of rotatable bonds is 5. The number of aliphatic hydroxyl groups excluding tert-OH is 1. The number of nitro benzene ring substituents is 1. The maximum atomic E-state index is 11.5. The summed E-state index contributed by atoms with van der Waals surface area (Å²) in [7, 11) is 0. The zero-order valence-corrected chi connectivity index (χ0v) is 10.9. The number of hydrogen-bond acceptors (Lipinski definition) is 7. The molecule has 0 saturated carbocycles. The summed E-state index contributed by atoms with van der Waals surface area (Å²) in [4.78, 5) is 21.4. The van der Waals surface area contributed by atoms with Crippen LogP contribution in [0.5, 0.6) is 0 Å². The lowest BCUT2D eigenvalue weighted by Gasteiger charge is -2.01. The van der Waals surface area contributed by atoms with Crippen LogP contribution in [0.15, 0.2) is 46.0 Å². The van der Waals surface area contributed by atoms with Crippen molar-refractivity contribution in [1.29, 1.82) is 0 Å². The first kappa shape index (κ1) is 15.3. The molecule has 0 spiro atoms. The van der Waals surface area contributed by atoms with Crippen LogP contribution in [0.25, 0.3) is 0 Å². The van der Waals surface area contributed by atoms with Gasteiger partial charge in [-0.25, -0.2) is 4.79 Å². The number of nitrogens with zero attached hydrogens (tertiary/aromatic N) is 3. The van der Waals surface area contributed by atoms with Crippen LogP contribution in [-0.2, 0) is 9.53 Å². The van der Waals surface area contributed by atoms with Gasteiger partial charge in [0.1, 0.15) is 5.76 Å². The Labute approximate surface area is 114 Å². The molecule has 8 nitrogen and oxygen atoms in total. The molecular weight excluding hydrogens is 266 g/mol. The number of hydrogen-bond donors (Lipinski definition) is 1. The number of ether oxygens (including phenoxy) is 1. The minimum Gasteiger partial charge on any atom is -0.510 e. The second kappa shape index (κ2) is 6.98. The molecule has 106 valence electrons. The Kier molecular flexibility index (Phi) is 5.33. The Morgan fingerprint density at radius 2 is 2.00 bits per heavy atom. The van der Waals surface area contributed by atoms with Gasteiger partial charge in [0.2, 0.25) is 5.70 Å². The van der Waals surface area contributed by atoms with Gasteiger partial charge in [-0.2, -0.15) is 5.11 Å². The summed E-state index contributed by atoms with van der Waals surface area (Å²) in [6.45, 7) is 3.04. The third-order valence-corrected chi connectivity index (χ3v) is 2.14. The van der Waals surface area contributed by atoms with Gasteiger partial charge in [-0.3, -0.25) is 10.1 Å². The van der Waals surface area contributed by atoms with Gasteiger partial charge >= 0.3 is 5.97 Å². The van der Waals surface area contributed by atoms with Crippen LogP contribution in [0, 0.1) is 10.1 Å². The summed E-state index contributed by atoms with van der Waals surface area (Å²) in [5.74, 6) is -1.12. The van der Waals surface area contributed by atoms with Crippen molar-refractivity contribution >= 4 is 17.3 Å². The van der Waals surface area contributed by atoms with Gasteiger partial charge in [0.15, 0.2) is 0 Å². The van der Waals surface area contributed by atoms with E-state index in [2.05, 4.69) is 10.2 Å². The van der Waals surface area contributed by atoms with E-state index in [4.69, 9.17) is 4.74 Å². The van der Waals surface area contributed by atoms with E-state index in [9.17, 15) is 20.0 Å². The molecule has 0 atom stereocenters. The number of non-ortho nitro benzene ring substituents is 1. The van der Waals surface area contributed by atoms with E-state index in [1.54, 1.807) is 6.92 Å². The molecule has 0 fully saturated rings. The van der Waals surface area contributed by atoms with Gasteiger partial charge in [0.25, 0.3) is 5.69 Å². The summed E-state index contributed by atoms with van der Waals surface area (Å²) < 4.78 is 4.70. The zero-order valence-electron chi connectivity index (χ0n) is 10.9. The van der Waals surface area contributed by atoms with Crippen molar-refractivity contribution in [2.24, 2.45) is 10.2 Å². The number of nitro groups is 1. The van der Waals surface area contributed by atoms with Crippen LogP contribution in [0.4, 0.5) is 11.4 Å². The standard InChI is InChI=1S/C12H13N3O5/c1-3-20-12(17)11(8(2)16)14-13-9-4-6-10(7-5-9)15(18)19/h4-7,16H,3H2,1-2H3. The van der Waals surface area contributed by atoms with Gasteiger partial charge < -0.3 is 9.84 Å². The molecule has 1 N–H and O–H groups in total.